The van der Waals surface area contributed by atoms with E-state index in [4.69, 9.17) is 4.74 Å². The molecular weight excluding hydrogens is 336 g/mol. The first-order chi connectivity index (χ1) is 11.5. The Labute approximate surface area is 139 Å². The average Bonchev–Trinajstić information content (AvgIpc) is 2.54. The molecule has 2 rings (SSSR count). The van der Waals surface area contributed by atoms with Gasteiger partial charge in [0.25, 0.3) is 5.56 Å². The molecule has 1 aromatic carbocycles. The lowest BCUT2D eigenvalue weighted by molar-refractivity contribution is -0.113. The van der Waals surface area contributed by atoms with Crippen molar-refractivity contribution < 1.29 is 14.3 Å². The third kappa shape index (κ3) is 4.81. The number of carbonyl (C=O) groups excluding carboxylic acids is 2. The van der Waals surface area contributed by atoms with Gasteiger partial charge in [0, 0.05) is 5.69 Å². The summed E-state index contributed by atoms with van der Waals surface area (Å²) in [6.07, 6.45) is 0. The van der Waals surface area contributed by atoms with Crippen LogP contribution in [0.15, 0.2) is 38.9 Å². The summed E-state index contributed by atoms with van der Waals surface area (Å²) in [5.74, 6) is -0.966. The Bertz CT molecular complexity index is 860. The minimum atomic E-state index is -0.718. The molecule has 1 aromatic heterocycles. The summed E-state index contributed by atoms with van der Waals surface area (Å²) in [4.78, 5) is 47.9. The van der Waals surface area contributed by atoms with Gasteiger partial charge in [-0.2, -0.15) is 5.10 Å². The maximum Gasteiger partial charge on any atom is 0.342 e. The summed E-state index contributed by atoms with van der Waals surface area (Å²) < 4.78 is 4.88. The Kier molecular flexibility index (Phi) is 5.90. The third-order valence-electron chi connectivity index (χ3n) is 2.68. The Hall–Kier alpha value is -2.88. The van der Waals surface area contributed by atoms with E-state index >= 15 is 0 Å². The number of hydrogen-bond acceptors (Lipinski definition) is 7. The monoisotopic (exact) mass is 350 g/mol. The standard InChI is InChI=1S/C14H14N4O5S/c1-2-23-13(21)8-4-3-5-9(6-8)15-10(19)7-24-12-11(20)16-14(22)18-17-12/h3-6H,2,7H2,1H3,(H,15,19)(H2,16,18,20,22). The molecule has 1 amide bonds. The first-order valence-electron chi connectivity index (χ1n) is 6.88. The molecule has 0 radical (unpaired) electrons. The van der Waals surface area contributed by atoms with Crippen LogP contribution in [-0.4, -0.2) is 39.4 Å². The normalized spacial score (nSPS) is 10.2. The second kappa shape index (κ2) is 8.11. The maximum atomic E-state index is 11.9. The molecule has 0 saturated carbocycles. The van der Waals surface area contributed by atoms with Crippen molar-refractivity contribution >= 4 is 29.3 Å². The highest BCUT2D eigenvalue weighted by molar-refractivity contribution is 7.99. The molecule has 0 fully saturated rings. The van der Waals surface area contributed by atoms with E-state index in [1.165, 1.54) is 6.07 Å². The van der Waals surface area contributed by atoms with Crippen LogP contribution in [0.5, 0.6) is 0 Å². The molecule has 0 bridgehead atoms. The number of aromatic amines is 2. The van der Waals surface area contributed by atoms with Crippen LogP contribution in [0, 0.1) is 0 Å². The topological polar surface area (TPSA) is 134 Å². The Balaban J connectivity index is 1.97. The average molecular weight is 350 g/mol. The van der Waals surface area contributed by atoms with Crippen molar-refractivity contribution in [3.05, 3.63) is 50.7 Å². The SMILES string of the molecule is CCOC(=O)c1cccc(NC(=O)CSc2n[nH]c(=O)[nH]c2=O)c1. The molecule has 24 heavy (non-hydrogen) atoms. The van der Waals surface area contributed by atoms with E-state index in [2.05, 4.69) is 15.5 Å². The predicted octanol–water partition coefficient (Wildman–Crippen LogP) is 0.366. The first-order valence-corrected chi connectivity index (χ1v) is 7.87. The van der Waals surface area contributed by atoms with Crippen molar-refractivity contribution in [2.24, 2.45) is 0 Å². The Morgan fingerprint density at radius 2 is 2.12 bits per heavy atom. The fraction of sp³-hybridized carbons (Fsp3) is 0.214. The largest absolute Gasteiger partial charge is 0.462 e. The van der Waals surface area contributed by atoms with Gasteiger partial charge in [0.15, 0.2) is 5.03 Å². The van der Waals surface area contributed by atoms with Gasteiger partial charge in [-0.05, 0) is 25.1 Å². The van der Waals surface area contributed by atoms with Crippen molar-refractivity contribution in [2.75, 3.05) is 17.7 Å². The molecular formula is C14H14N4O5S. The summed E-state index contributed by atoms with van der Waals surface area (Å²) in [6, 6.07) is 6.30. The van der Waals surface area contributed by atoms with Crippen molar-refractivity contribution in [2.45, 2.75) is 11.9 Å². The Morgan fingerprint density at radius 1 is 1.33 bits per heavy atom. The summed E-state index contributed by atoms with van der Waals surface area (Å²) in [7, 11) is 0. The number of H-pyrrole nitrogens is 2. The van der Waals surface area contributed by atoms with Crippen LogP contribution in [-0.2, 0) is 9.53 Å². The maximum absolute atomic E-state index is 11.9. The fourth-order valence-electron chi connectivity index (χ4n) is 1.70. The second-order valence-electron chi connectivity index (χ2n) is 4.45. The minimum absolute atomic E-state index is 0.0231. The number of nitrogens with zero attached hydrogens (tertiary/aromatic N) is 1. The molecule has 3 N–H and O–H groups in total. The highest BCUT2D eigenvalue weighted by Gasteiger charge is 2.10. The molecule has 0 spiro atoms. The number of rotatable bonds is 6. The van der Waals surface area contributed by atoms with Crippen molar-refractivity contribution in [1.29, 1.82) is 0 Å². The molecule has 0 aliphatic heterocycles. The summed E-state index contributed by atoms with van der Waals surface area (Å²) in [5.41, 5.74) is -0.638. The first kappa shape index (κ1) is 17.5. The lowest BCUT2D eigenvalue weighted by atomic mass is 10.2. The van der Waals surface area contributed by atoms with Crippen molar-refractivity contribution in [3.63, 3.8) is 0 Å². The predicted molar refractivity (Wildman–Crippen MR) is 87.2 cm³/mol. The van der Waals surface area contributed by atoms with E-state index in [-0.39, 0.29) is 17.4 Å². The summed E-state index contributed by atoms with van der Waals surface area (Å²) >= 11 is 0.873. The van der Waals surface area contributed by atoms with Crippen LogP contribution in [0.25, 0.3) is 0 Å². The zero-order chi connectivity index (χ0) is 17.5. The number of aromatic nitrogens is 3. The molecule has 0 aliphatic carbocycles. The molecule has 9 nitrogen and oxygen atoms in total. The van der Waals surface area contributed by atoms with Gasteiger partial charge in [-0.3, -0.25) is 14.6 Å². The highest BCUT2D eigenvalue weighted by Crippen LogP contribution is 2.14. The fourth-order valence-corrected chi connectivity index (χ4v) is 2.34. The van der Waals surface area contributed by atoms with Gasteiger partial charge in [0.2, 0.25) is 5.91 Å². The number of thioether (sulfide) groups is 1. The zero-order valence-corrected chi connectivity index (χ0v) is 13.4. The Morgan fingerprint density at radius 3 is 2.83 bits per heavy atom. The molecule has 0 aliphatic rings. The number of benzene rings is 1. The van der Waals surface area contributed by atoms with Gasteiger partial charge in [0.1, 0.15) is 0 Å². The van der Waals surface area contributed by atoms with Crippen LogP contribution in [0.1, 0.15) is 17.3 Å². The van der Waals surface area contributed by atoms with Gasteiger partial charge in [0.05, 0.1) is 17.9 Å². The van der Waals surface area contributed by atoms with Crippen LogP contribution in [0.3, 0.4) is 0 Å². The highest BCUT2D eigenvalue weighted by atomic mass is 32.2. The zero-order valence-electron chi connectivity index (χ0n) is 12.6. The van der Waals surface area contributed by atoms with E-state index in [9.17, 15) is 19.2 Å². The van der Waals surface area contributed by atoms with Gasteiger partial charge < -0.3 is 10.1 Å². The van der Waals surface area contributed by atoms with Crippen LogP contribution in [0.2, 0.25) is 0 Å². The van der Waals surface area contributed by atoms with E-state index in [0.29, 0.717) is 11.3 Å². The number of hydrogen-bond donors (Lipinski definition) is 3. The number of carbonyl (C=O) groups is 2. The van der Waals surface area contributed by atoms with Crippen molar-refractivity contribution in [3.8, 4) is 0 Å². The molecule has 10 heteroatoms. The molecule has 0 unspecified atom stereocenters. The quantitative estimate of drug-likeness (QED) is 0.506. The van der Waals surface area contributed by atoms with E-state index in [0.717, 1.165) is 11.8 Å². The van der Waals surface area contributed by atoms with Gasteiger partial charge in [-0.15, -0.1) is 0 Å². The molecule has 0 saturated heterocycles. The van der Waals surface area contributed by atoms with Crippen LogP contribution < -0.4 is 16.6 Å². The number of anilines is 1. The van der Waals surface area contributed by atoms with Crippen LogP contribution >= 0.6 is 11.8 Å². The lowest BCUT2D eigenvalue weighted by Crippen LogP contribution is -2.25. The molecule has 0 atom stereocenters. The molecule has 126 valence electrons. The minimum Gasteiger partial charge on any atom is -0.462 e. The van der Waals surface area contributed by atoms with Gasteiger partial charge in [-0.25, -0.2) is 14.7 Å². The summed E-state index contributed by atoms with van der Waals surface area (Å²) in [6.45, 7) is 1.96. The number of ether oxygens (including phenoxy) is 1. The van der Waals surface area contributed by atoms with Gasteiger partial charge >= 0.3 is 11.7 Å². The van der Waals surface area contributed by atoms with E-state index in [1.807, 2.05) is 4.98 Å². The molecule has 2 aromatic rings. The van der Waals surface area contributed by atoms with Crippen LogP contribution in [0.4, 0.5) is 5.69 Å². The smallest absolute Gasteiger partial charge is 0.342 e. The van der Waals surface area contributed by atoms with E-state index in [1.54, 1.807) is 25.1 Å². The second-order valence-corrected chi connectivity index (χ2v) is 5.41. The third-order valence-corrected chi connectivity index (χ3v) is 3.63. The molecule has 1 heterocycles. The number of amides is 1. The van der Waals surface area contributed by atoms with Gasteiger partial charge in [-0.1, -0.05) is 17.8 Å². The van der Waals surface area contributed by atoms with E-state index < -0.39 is 23.1 Å². The number of esters is 1. The summed E-state index contributed by atoms with van der Waals surface area (Å²) in [5, 5.41) is 8.21. The lowest BCUT2D eigenvalue weighted by Gasteiger charge is -2.07. The number of nitrogens with one attached hydrogen (secondary N) is 3. The van der Waals surface area contributed by atoms with Crippen molar-refractivity contribution in [1.82, 2.24) is 15.2 Å².